The molecule has 22 heavy (non-hydrogen) atoms. The Hall–Kier alpha value is -1.69. The summed E-state index contributed by atoms with van der Waals surface area (Å²) in [6, 6.07) is 2.12. The van der Waals surface area contributed by atoms with E-state index < -0.39 is 0 Å². The van der Waals surface area contributed by atoms with E-state index in [4.69, 9.17) is 0 Å². The molecule has 0 spiro atoms. The number of thiophene rings is 1. The third kappa shape index (κ3) is 3.94. The summed E-state index contributed by atoms with van der Waals surface area (Å²) in [5, 5.41) is 4.20. The number of likely N-dealkylation sites (N-methyl/N-ethyl adjacent to an activating group) is 1. The van der Waals surface area contributed by atoms with Crippen LogP contribution in [0.4, 0.5) is 5.82 Å². The summed E-state index contributed by atoms with van der Waals surface area (Å²) in [6.45, 7) is 7.20. The van der Waals surface area contributed by atoms with Gasteiger partial charge in [-0.05, 0) is 25.8 Å². The zero-order chi connectivity index (χ0) is 16.1. The minimum absolute atomic E-state index is 0.0869. The van der Waals surface area contributed by atoms with Gasteiger partial charge in [0, 0.05) is 18.5 Å². The Morgan fingerprint density at radius 3 is 2.82 bits per heavy atom. The second kappa shape index (κ2) is 7.54. The summed E-state index contributed by atoms with van der Waals surface area (Å²) in [7, 11) is 1.85. The van der Waals surface area contributed by atoms with Crippen LogP contribution in [0.2, 0.25) is 0 Å². The normalized spacial score (nSPS) is 10.9. The number of nitrogens with one attached hydrogen (secondary N) is 1. The molecule has 120 valence electrons. The molecular formula is C16H24N4OS. The SMILES string of the molecule is CCCCN(C)C(=O)CNc1nc(C)nc2sc(CC)cc12. The molecule has 5 nitrogen and oxygen atoms in total. The van der Waals surface area contributed by atoms with Crippen LogP contribution in [0.5, 0.6) is 0 Å². The molecule has 1 N–H and O–H groups in total. The van der Waals surface area contributed by atoms with E-state index >= 15 is 0 Å². The fourth-order valence-electron chi connectivity index (χ4n) is 2.20. The van der Waals surface area contributed by atoms with Crippen molar-refractivity contribution in [3.63, 3.8) is 0 Å². The highest BCUT2D eigenvalue weighted by atomic mass is 32.1. The Morgan fingerprint density at radius 1 is 1.36 bits per heavy atom. The average molecular weight is 320 g/mol. The maximum absolute atomic E-state index is 12.1. The predicted molar refractivity (Wildman–Crippen MR) is 92.6 cm³/mol. The van der Waals surface area contributed by atoms with E-state index in [1.54, 1.807) is 16.2 Å². The summed E-state index contributed by atoms with van der Waals surface area (Å²) in [5.41, 5.74) is 0. The minimum atomic E-state index is 0.0869. The Bertz CT molecular complexity index is 653. The van der Waals surface area contributed by atoms with E-state index in [9.17, 15) is 4.79 Å². The van der Waals surface area contributed by atoms with Crippen LogP contribution in [0.15, 0.2) is 6.07 Å². The summed E-state index contributed by atoms with van der Waals surface area (Å²) in [6.07, 6.45) is 3.10. The van der Waals surface area contributed by atoms with Crippen molar-refractivity contribution in [2.24, 2.45) is 0 Å². The number of carbonyl (C=O) groups is 1. The lowest BCUT2D eigenvalue weighted by Gasteiger charge is -2.17. The van der Waals surface area contributed by atoms with E-state index in [0.717, 1.165) is 47.7 Å². The molecule has 0 aromatic carbocycles. The molecule has 0 saturated heterocycles. The van der Waals surface area contributed by atoms with Gasteiger partial charge in [-0.3, -0.25) is 4.79 Å². The minimum Gasteiger partial charge on any atom is -0.360 e. The number of anilines is 1. The first kappa shape index (κ1) is 16.7. The Balaban J connectivity index is 2.10. The molecule has 0 aliphatic heterocycles. The van der Waals surface area contributed by atoms with Crippen molar-refractivity contribution in [3.05, 3.63) is 16.8 Å². The van der Waals surface area contributed by atoms with Gasteiger partial charge in [-0.25, -0.2) is 9.97 Å². The number of carbonyl (C=O) groups excluding carboxylic acids is 1. The van der Waals surface area contributed by atoms with Crippen molar-refractivity contribution in [2.75, 3.05) is 25.5 Å². The monoisotopic (exact) mass is 320 g/mol. The van der Waals surface area contributed by atoms with Crippen molar-refractivity contribution in [1.29, 1.82) is 0 Å². The number of aryl methyl sites for hydroxylation is 2. The third-order valence-corrected chi connectivity index (χ3v) is 4.76. The predicted octanol–water partition coefficient (Wildman–Crippen LogP) is 3.23. The molecule has 2 aromatic rings. The molecule has 0 radical (unpaired) electrons. The topological polar surface area (TPSA) is 58.1 Å². The van der Waals surface area contributed by atoms with Gasteiger partial charge < -0.3 is 10.2 Å². The molecule has 0 bridgehead atoms. The first-order valence-corrected chi connectivity index (χ1v) is 8.61. The zero-order valence-corrected chi connectivity index (χ0v) is 14.6. The smallest absolute Gasteiger partial charge is 0.241 e. The maximum Gasteiger partial charge on any atom is 0.241 e. The molecule has 0 saturated carbocycles. The van der Waals surface area contributed by atoms with Gasteiger partial charge in [0.1, 0.15) is 16.5 Å². The number of nitrogens with zero attached hydrogens (tertiary/aromatic N) is 3. The van der Waals surface area contributed by atoms with Gasteiger partial charge in [-0.2, -0.15) is 0 Å². The van der Waals surface area contributed by atoms with Crippen molar-refractivity contribution < 1.29 is 4.79 Å². The van der Waals surface area contributed by atoms with Crippen LogP contribution in [0.25, 0.3) is 10.2 Å². The van der Waals surface area contributed by atoms with E-state index in [0.29, 0.717) is 0 Å². The number of amides is 1. The van der Waals surface area contributed by atoms with Crippen LogP contribution >= 0.6 is 11.3 Å². The van der Waals surface area contributed by atoms with Gasteiger partial charge in [-0.15, -0.1) is 11.3 Å². The van der Waals surface area contributed by atoms with Crippen LogP contribution in [0.3, 0.4) is 0 Å². The molecule has 2 heterocycles. The van der Waals surface area contributed by atoms with E-state index in [1.807, 2.05) is 14.0 Å². The molecule has 6 heteroatoms. The zero-order valence-electron chi connectivity index (χ0n) is 13.8. The maximum atomic E-state index is 12.1. The van der Waals surface area contributed by atoms with E-state index in [-0.39, 0.29) is 12.5 Å². The summed E-state index contributed by atoms with van der Waals surface area (Å²) >= 11 is 1.69. The van der Waals surface area contributed by atoms with Crippen LogP contribution < -0.4 is 5.32 Å². The van der Waals surface area contributed by atoms with Crippen LogP contribution in [-0.2, 0) is 11.2 Å². The summed E-state index contributed by atoms with van der Waals surface area (Å²) < 4.78 is 0. The van der Waals surface area contributed by atoms with Gasteiger partial charge in [0.05, 0.1) is 11.9 Å². The molecule has 1 amide bonds. The van der Waals surface area contributed by atoms with Crippen LogP contribution in [-0.4, -0.2) is 40.9 Å². The number of fused-ring (bicyclic) bond motifs is 1. The quantitative estimate of drug-likeness (QED) is 0.851. The first-order chi connectivity index (χ1) is 10.5. The van der Waals surface area contributed by atoms with Gasteiger partial charge >= 0.3 is 0 Å². The molecule has 0 unspecified atom stereocenters. The van der Waals surface area contributed by atoms with Crippen molar-refractivity contribution in [1.82, 2.24) is 14.9 Å². The van der Waals surface area contributed by atoms with Gasteiger partial charge in [0.15, 0.2) is 0 Å². The third-order valence-electron chi connectivity index (χ3n) is 3.58. The lowest BCUT2D eigenvalue weighted by Crippen LogP contribution is -2.33. The fourth-order valence-corrected chi connectivity index (χ4v) is 3.21. The number of aromatic nitrogens is 2. The second-order valence-electron chi connectivity index (χ2n) is 5.43. The van der Waals surface area contributed by atoms with Gasteiger partial charge in [0.2, 0.25) is 5.91 Å². The highest BCUT2D eigenvalue weighted by Crippen LogP contribution is 2.29. The van der Waals surface area contributed by atoms with Crippen molar-refractivity contribution in [2.45, 2.75) is 40.0 Å². The van der Waals surface area contributed by atoms with Crippen molar-refractivity contribution in [3.8, 4) is 0 Å². The standard InChI is InChI=1S/C16H24N4OS/c1-5-7-8-20(4)14(21)10-17-15-13-9-12(6-2)22-16(13)19-11(3)18-15/h9H,5-8,10H2,1-4H3,(H,17,18,19). The van der Waals surface area contributed by atoms with Gasteiger partial charge in [0.25, 0.3) is 0 Å². The van der Waals surface area contributed by atoms with Crippen molar-refractivity contribution >= 4 is 33.3 Å². The molecular weight excluding hydrogens is 296 g/mol. The molecule has 0 aliphatic carbocycles. The summed E-state index contributed by atoms with van der Waals surface area (Å²) in [4.78, 5) is 25.1. The summed E-state index contributed by atoms with van der Waals surface area (Å²) in [5.74, 6) is 1.57. The lowest BCUT2D eigenvalue weighted by atomic mass is 10.3. The number of unbranched alkanes of at least 4 members (excludes halogenated alkanes) is 1. The fraction of sp³-hybridized carbons (Fsp3) is 0.562. The van der Waals surface area contributed by atoms with E-state index in [1.165, 1.54) is 4.88 Å². The molecule has 0 atom stereocenters. The largest absolute Gasteiger partial charge is 0.360 e. The Labute approximate surface area is 135 Å². The lowest BCUT2D eigenvalue weighted by molar-refractivity contribution is -0.128. The molecule has 2 aromatic heterocycles. The Morgan fingerprint density at radius 2 is 2.14 bits per heavy atom. The van der Waals surface area contributed by atoms with Gasteiger partial charge in [-0.1, -0.05) is 20.3 Å². The highest BCUT2D eigenvalue weighted by Gasteiger charge is 2.12. The Kier molecular flexibility index (Phi) is 5.71. The first-order valence-electron chi connectivity index (χ1n) is 7.80. The molecule has 2 rings (SSSR count). The van der Waals surface area contributed by atoms with E-state index in [2.05, 4.69) is 35.2 Å². The molecule has 0 aliphatic rings. The number of hydrogen-bond acceptors (Lipinski definition) is 5. The van der Waals surface area contributed by atoms with Crippen LogP contribution in [0.1, 0.15) is 37.4 Å². The average Bonchev–Trinajstić information content (AvgIpc) is 2.92. The second-order valence-corrected chi connectivity index (χ2v) is 6.54. The highest BCUT2D eigenvalue weighted by molar-refractivity contribution is 7.18. The van der Waals surface area contributed by atoms with Crippen LogP contribution in [0, 0.1) is 6.92 Å². The number of rotatable bonds is 7. The molecule has 0 fully saturated rings. The number of hydrogen-bond donors (Lipinski definition) is 1.